The van der Waals surface area contributed by atoms with Crippen molar-refractivity contribution in [2.24, 2.45) is 10.9 Å². The molecule has 0 radical (unpaired) electrons. The van der Waals surface area contributed by atoms with Gasteiger partial charge in [0.05, 0.1) is 13.2 Å². The maximum atomic E-state index is 6.14. The van der Waals surface area contributed by atoms with Gasteiger partial charge in [0.1, 0.15) is 5.75 Å². The number of aliphatic imine (C=N–C) groups is 1. The molecule has 6 heteroatoms. The predicted octanol–water partition coefficient (Wildman–Crippen LogP) is 4.58. The SMILES string of the molecule is CN=C(NCCC1=CCCCC1)NCc1ccc(C)cc1OCC1CCOC1.I. The van der Waals surface area contributed by atoms with E-state index in [4.69, 9.17) is 9.47 Å². The fourth-order valence-electron chi connectivity index (χ4n) is 3.74. The highest BCUT2D eigenvalue weighted by atomic mass is 127. The molecule has 0 amide bonds. The molecule has 0 bridgehead atoms. The van der Waals surface area contributed by atoms with Crippen molar-refractivity contribution in [1.29, 1.82) is 0 Å². The van der Waals surface area contributed by atoms with Gasteiger partial charge in [-0.05, 0) is 57.1 Å². The highest BCUT2D eigenvalue weighted by Crippen LogP contribution is 2.23. The van der Waals surface area contributed by atoms with E-state index < -0.39 is 0 Å². The van der Waals surface area contributed by atoms with E-state index in [1.54, 1.807) is 5.57 Å². The van der Waals surface area contributed by atoms with E-state index >= 15 is 0 Å². The van der Waals surface area contributed by atoms with Crippen molar-refractivity contribution in [3.63, 3.8) is 0 Å². The summed E-state index contributed by atoms with van der Waals surface area (Å²) in [4.78, 5) is 4.36. The molecule has 1 aliphatic carbocycles. The van der Waals surface area contributed by atoms with Crippen LogP contribution in [0.1, 0.15) is 49.7 Å². The molecule has 0 saturated carbocycles. The number of halogens is 1. The molecule has 29 heavy (non-hydrogen) atoms. The molecular weight excluding hydrogens is 477 g/mol. The Morgan fingerprint density at radius 2 is 2.17 bits per heavy atom. The van der Waals surface area contributed by atoms with Crippen LogP contribution in [0.15, 0.2) is 34.8 Å². The molecule has 1 aromatic carbocycles. The predicted molar refractivity (Wildman–Crippen MR) is 130 cm³/mol. The van der Waals surface area contributed by atoms with Crippen LogP contribution in [-0.2, 0) is 11.3 Å². The Morgan fingerprint density at radius 1 is 1.28 bits per heavy atom. The van der Waals surface area contributed by atoms with E-state index in [0.29, 0.717) is 12.5 Å². The number of nitrogens with one attached hydrogen (secondary N) is 2. The number of aryl methyl sites for hydroxylation is 1. The Hall–Kier alpha value is -1.28. The zero-order chi connectivity index (χ0) is 19.6. The first-order valence-electron chi connectivity index (χ1n) is 10.7. The fourth-order valence-corrected chi connectivity index (χ4v) is 3.74. The van der Waals surface area contributed by atoms with Crippen LogP contribution in [0.3, 0.4) is 0 Å². The smallest absolute Gasteiger partial charge is 0.191 e. The van der Waals surface area contributed by atoms with E-state index in [9.17, 15) is 0 Å². The minimum Gasteiger partial charge on any atom is -0.493 e. The minimum atomic E-state index is 0. The van der Waals surface area contributed by atoms with Crippen LogP contribution >= 0.6 is 24.0 Å². The largest absolute Gasteiger partial charge is 0.493 e. The normalized spacial score (nSPS) is 19.3. The lowest BCUT2D eigenvalue weighted by atomic mass is 9.97. The van der Waals surface area contributed by atoms with E-state index in [1.807, 2.05) is 7.05 Å². The Morgan fingerprint density at radius 3 is 2.90 bits per heavy atom. The third kappa shape index (κ3) is 8.16. The van der Waals surface area contributed by atoms with Crippen molar-refractivity contribution in [2.75, 3.05) is 33.4 Å². The van der Waals surface area contributed by atoms with Crippen LogP contribution < -0.4 is 15.4 Å². The van der Waals surface area contributed by atoms with Gasteiger partial charge in [0.25, 0.3) is 0 Å². The number of benzene rings is 1. The maximum absolute atomic E-state index is 6.14. The Labute approximate surface area is 192 Å². The molecule has 162 valence electrons. The third-order valence-electron chi connectivity index (χ3n) is 5.51. The molecule has 2 aliphatic rings. The van der Waals surface area contributed by atoms with Gasteiger partial charge >= 0.3 is 0 Å². The summed E-state index contributed by atoms with van der Waals surface area (Å²) in [5, 5.41) is 6.86. The molecule has 1 atom stereocenters. The minimum absolute atomic E-state index is 0. The van der Waals surface area contributed by atoms with Gasteiger partial charge in [-0.3, -0.25) is 4.99 Å². The van der Waals surface area contributed by atoms with Crippen molar-refractivity contribution in [3.05, 3.63) is 41.0 Å². The number of allylic oxidation sites excluding steroid dienone is 1. The Bertz CT molecular complexity index is 685. The molecule has 0 spiro atoms. The number of hydrogen-bond donors (Lipinski definition) is 2. The van der Waals surface area contributed by atoms with Crippen molar-refractivity contribution in [3.8, 4) is 5.75 Å². The quantitative estimate of drug-likeness (QED) is 0.231. The topological polar surface area (TPSA) is 54.9 Å². The average molecular weight is 513 g/mol. The van der Waals surface area contributed by atoms with E-state index in [0.717, 1.165) is 56.5 Å². The molecular formula is C23H36IN3O2. The molecule has 0 aromatic heterocycles. The Kier molecular flexibility index (Phi) is 10.8. The molecule has 1 saturated heterocycles. The summed E-state index contributed by atoms with van der Waals surface area (Å²) in [6.07, 6.45) is 9.77. The van der Waals surface area contributed by atoms with Gasteiger partial charge in [0, 0.05) is 38.2 Å². The molecule has 1 aliphatic heterocycles. The van der Waals surface area contributed by atoms with Crippen LogP contribution in [0.2, 0.25) is 0 Å². The lowest BCUT2D eigenvalue weighted by molar-refractivity contribution is 0.166. The first-order valence-corrected chi connectivity index (χ1v) is 10.7. The number of nitrogens with zero attached hydrogens (tertiary/aromatic N) is 1. The second-order valence-electron chi connectivity index (χ2n) is 7.86. The van der Waals surface area contributed by atoms with Crippen LogP contribution in [0.5, 0.6) is 5.75 Å². The van der Waals surface area contributed by atoms with Crippen LogP contribution in [0.25, 0.3) is 0 Å². The first-order chi connectivity index (χ1) is 13.7. The van der Waals surface area contributed by atoms with Gasteiger partial charge in [0.2, 0.25) is 0 Å². The summed E-state index contributed by atoms with van der Waals surface area (Å²) in [7, 11) is 1.82. The molecule has 1 heterocycles. The number of hydrogen-bond acceptors (Lipinski definition) is 3. The number of ether oxygens (including phenoxy) is 2. The molecule has 5 nitrogen and oxygen atoms in total. The van der Waals surface area contributed by atoms with Crippen LogP contribution in [0.4, 0.5) is 0 Å². The van der Waals surface area contributed by atoms with Gasteiger partial charge in [-0.1, -0.05) is 23.8 Å². The first kappa shape index (κ1) is 24.0. The van der Waals surface area contributed by atoms with Gasteiger partial charge in [-0.25, -0.2) is 0 Å². The highest BCUT2D eigenvalue weighted by Gasteiger charge is 2.17. The summed E-state index contributed by atoms with van der Waals surface area (Å²) in [5.74, 6) is 2.30. The standard InChI is InChI=1S/C23H35N3O2.HI/c1-18-8-9-21(22(14-18)28-17-20-11-13-27-16-20)15-26-23(24-2)25-12-10-19-6-4-3-5-7-19;/h6,8-9,14,20H,3-5,7,10-13,15-17H2,1-2H3,(H2,24,25,26);1H. The van der Waals surface area contributed by atoms with Gasteiger partial charge in [-0.15, -0.1) is 24.0 Å². The fraction of sp³-hybridized carbons (Fsp3) is 0.609. The number of rotatable bonds is 8. The lowest BCUT2D eigenvalue weighted by Gasteiger charge is -2.17. The molecule has 1 aromatic rings. The lowest BCUT2D eigenvalue weighted by Crippen LogP contribution is -2.37. The zero-order valence-corrected chi connectivity index (χ0v) is 20.2. The molecule has 3 rings (SSSR count). The highest BCUT2D eigenvalue weighted by molar-refractivity contribution is 14.0. The number of guanidine groups is 1. The monoisotopic (exact) mass is 513 g/mol. The summed E-state index contributed by atoms with van der Waals surface area (Å²) in [6, 6.07) is 6.40. The third-order valence-corrected chi connectivity index (χ3v) is 5.51. The zero-order valence-electron chi connectivity index (χ0n) is 17.8. The van der Waals surface area contributed by atoms with E-state index in [2.05, 4.69) is 46.8 Å². The Balaban J connectivity index is 0.00000300. The van der Waals surface area contributed by atoms with E-state index in [-0.39, 0.29) is 24.0 Å². The summed E-state index contributed by atoms with van der Waals surface area (Å²) >= 11 is 0. The van der Waals surface area contributed by atoms with Crippen molar-refractivity contribution in [2.45, 2.75) is 52.0 Å². The summed E-state index contributed by atoms with van der Waals surface area (Å²) in [5.41, 5.74) is 3.95. The van der Waals surface area contributed by atoms with Gasteiger partial charge < -0.3 is 20.1 Å². The van der Waals surface area contributed by atoms with Crippen LogP contribution in [0, 0.1) is 12.8 Å². The molecule has 1 fully saturated rings. The van der Waals surface area contributed by atoms with Gasteiger partial charge in [0.15, 0.2) is 5.96 Å². The maximum Gasteiger partial charge on any atom is 0.191 e. The summed E-state index contributed by atoms with van der Waals surface area (Å²) in [6.45, 7) is 6.10. The second-order valence-corrected chi connectivity index (χ2v) is 7.86. The second kappa shape index (κ2) is 13.1. The van der Waals surface area contributed by atoms with Crippen molar-refractivity contribution in [1.82, 2.24) is 10.6 Å². The average Bonchev–Trinajstić information content (AvgIpc) is 3.24. The van der Waals surface area contributed by atoms with Gasteiger partial charge in [-0.2, -0.15) is 0 Å². The van der Waals surface area contributed by atoms with Crippen LogP contribution in [-0.4, -0.2) is 39.4 Å². The van der Waals surface area contributed by atoms with Crippen molar-refractivity contribution < 1.29 is 9.47 Å². The molecule has 2 N–H and O–H groups in total. The summed E-state index contributed by atoms with van der Waals surface area (Å²) < 4.78 is 11.6. The van der Waals surface area contributed by atoms with Crippen molar-refractivity contribution >= 4 is 29.9 Å². The molecule has 1 unspecified atom stereocenters. The van der Waals surface area contributed by atoms with E-state index in [1.165, 1.54) is 31.2 Å².